The number of aryl methyl sites for hydroxylation is 1. The molecule has 3 heteroatoms. The van der Waals surface area contributed by atoms with Gasteiger partial charge in [-0.1, -0.05) is 26.2 Å². The highest BCUT2D eigenvalue weighted by molar-refractivity contribution is 4.99. The highest BCUT2D eigenvalue weighted by Gasteiger charge is 1.98. The Balaban J connectivity index is 2.09. The fourth-order valence-corrected chi connectivity index (χ4v) is 1.69. The quantitative estimate of drug-likeness (QED) is 0.667. The van der Waals surface area contributed by atoms with Crippen molar-refractivity contribution in [2.45, 2.75) is 52.6 Å². The molecule has 3 nitrogen and oxygen atoms in total. The first-order valence-corrected chi connectivity index (χ1v) is 6.09. The van der Waals surface area contributed by atoms with Crippen molar-refractivity contribution in [3.63, 3.8) is 0 Å². The van der Waals surface area contributed by atoms with Crippen LogP contribution in [0.5, 0.6) is 0 Å². The fraction of sp³-hybridized carbons (Fsp3) is 0.750. The summed E-state index contributed by atoms with van der Waals surface area (Å²) in [6.45, 7) is 7.39. The first kappa shape index (κ1) is 12.2. The highest BCUT2D eigenvalue weighted by Crippen LogP contribution is 2.00. The van der Waals surface area contributed by atoms with Gasteiger partial charge in [0.2, 0.25) is 0 Å². The van der Waals surface area contributed by atoms with Gasteiger partial charge in [-0.2, -0.15) is 5.10 Å². The van der Waals surface area contributed by atoms with Crippen LogP contribution in [-0.4, -0.2) is 16.3 Å². The number of aromatic nitrogens is 2. The maximum atomic E-state index is 4.24. The summed E-state index contributed by atoms with van der Waals surface area (Å²) in [6, 6.07) is 2.09. The van der Waals surface area contributed by atoms with Gasteiger partial charge in [-0.15, -0.1) is 0 Å². The third kappa shape index (κ3) is 4.47. The van der Waals surface area contributed by atoms with Crippen molar-refractivity contribution in [3.8, 4) is 0 Å². The Bertz CT molecular complexity index is 255. The zero-order chi connectivity index (χ0) is 10.9. The van der Waals surface area contributed by atoms with Gasteiger partial charge in [-0.25, -0.2) is 0 Å². The van der Waals surface area contributed by atoms with Gasteiger partial charge in [0.25, 0.3) is 0 Å². The number of rotatable bonds is 8. The molecule has 0 aliphatic carbocycles. The summed E-state index contributed by atoms with van der Waals surface area (Å²) in [4.78, 5) is 0. The number of hydrogen-bond acceptors (Lipinski definition) is 2. The summed E-state index contributed by atoms with van der Waals surface area (Å²) < 4.78 is 2.04. The van der Waals surface area contributed by atoms with Crippen molar-refractivity contribution in [2.24, 2.45) is 0 Å². The predicted octanol–water partition coefficient (Wildman–Crippen LogP) is 2.57. The van der Waals surface area contributed by atoms with Gasteiger partial charge in [-0.05, 0) is 26.0 Å². The normalized spacial score (nSPS) is 10.8. The minimum absolute atomic E-state index is 0.944. The Kier molecular flexibility index (Phi) is 6.09. The second kappa shape index (κ2) is 7.46. The number of unbranched alkanes of at least 4 members (excludes halogenated alkanes) is 3. The molecular weight excluding hydrogens is 186 g/mol. The maximum absolute atomic E-state index is 4.24. The van der Waals surface area contributed by atoms with E-state index in [4.69, 9.17) is 0 Å². The SMILES string of the molecule is CCCCCCNCc1ccnn1CC. The molecule has 0 saturated heterocycles. The zero-order valence-electron chi connectivity index (χ0n) is 10.00. The summed E-state index contributed by atoms with van der Waals surface area (Å²) in [5.41, 5.74) is 1.29. The lowest BCUT2D eigenvalue weighted by Crippen LogP contribution is -2.17. The lowest BCUT2D eigenvalue weighted by atomic mass is 10.2. The largest absolute Gasteiger partial charge is 0.311 e. The van der Waals surface area contributed by atoms with Crippen molar-refractivity contribution in [1.29, 1.82) is 0 Å². The molecule has 1 N–H and O–H groups in total. The second-order valence-electron chi connectivity index (χ2n) is 3.88. The van der Waals surface area contributed by atoms with Crippen molar-refractivity contribution in [2.75, 3.05) is 6.54 Å². The van der Waals surface area contributed by atoms with Crippen LogP contribution in [0, 0.1) is 0 Å². The van der Waals surface area contributed by atoms with E-state index in [1.165, 1.54) is 31.4 Å². The molecule has 0 unspecified atom stereocenters. The Morgan fingerprint density at radius 2 is 2.13 bits per heavy atom. The van der Waals surface area contributed by atoms with E-state index in [1.54, 1.807) is 0 Å². The average Bonchev–Trinajstić information content (AvgIpc) is 2.70. The van der Waals surface area contributed by atoms with Crippen LogP contribution >= 0.6 is 0 Å². The molecule has 15 heavy (non-hydrogen) atoms. The van der Waals surface area contributed by atoms with Gasteiger partial charge in [0.1, 0.15) is 0 Å². The second-order valence-corrected chi connectivity index (χ2v) is 3.88. The van der Waals surface area contributed by atoms with Gasteiger partial charge in [0.05, 0.1) is 5.69 Å². The standard InChI is InChI=1S/C12H23N3/c1-3-5-6-7-9-13-11-12-8-10-14-15(12)4-2/h8,10,13H,3-7,9,11H2,1-2H3. The van der Waals surface area contributed by atoms with Crippen LogP contribution in [0.15, 0.2) is 12.3 Å². The number of nitrogens with one attached hydrogen (secondary N) is 1. The third-order valence-corrected chi connectivity index (χ3v) is 2.62. The molecule has 0 aromatic carbocycles. The van der Waals surface area contributed by atoms with Crippen LogP contribution in [0.2, 0.25) is 0 Å². The van der Waals surface area contributed by atoms with Gasteiger partial charge in [0, 0.05) is 19.3 Å². The molecule has 0 radical (unpaired) electrons. The van der Waals surface area contributed by atoms with E-state index < -0.39 is 0 Å². The van der Waals surface area contributed by atoms with Crippen LogP contribution in [0.1, 0.15) is 45.2 Å². The molecule has 0 fully saturated rings. The van der Waals surface area contributed by atoms with Gasteiger partial charge < -0.3 is 5.32 Å². The topological polar surface area (TPSA) is 29.9 Å². The Labute approximate surface area is 92.9 Å². The molecule has 0 amide bonds. The lowest BCUT2D eigenvalue weighted by Gasteiger charge is -2.06. The summed E-state index contributed by atoms with van der Waals surface area (Å²) in [6.07, 6.45) is 7.17. The molecule has 1 aromatic heterocycles. The summed E-state index contributed by atoms with van der Waals surface area (Å²) in [7, 11) is 0. The summed E-state index contributed by atoms with van der Waals surface area (Å²) in [5.74, 6) is 0. The van der Waals surface area contributed by atoms with E-state index in [2.05, 4.69) is 30.3 Å². The number of nitrogens with zero attached hydrogens (tertiary/aromatic N) is 2. The summed E-state index contributed by atoms with van der Waals surface area (Å²) >= 11 is 0. The van der Waals surface area contributed by atoms with Gasteiger partial charge in [-0.3, -0.25) is 4.68 Å². The van der Waals surface area contributed by atoms with Crippen molar-refractivity contribution >= 4 is 0 Å². The van der Waals surface area contributed by atoms with Crippen molar-refractivity contribution in [1.82, 2.24) is 15.1 Å². The minimum Gasteiger partial charge on any atom is -0.311 e. The number of hydrogen-bond donors (Lipinski definition) is 1. The predicted molar refractivity (Wildman–Crippen MR) is 63.7 cm³/mol. The first-order valence-electron chi connectivity index (χ1n) is 6.09. The highest BCUT2D eigenvalue weighted by atomic mass is 15.3. The molecule has 1 rings (SSSR count). The maximum Gasteiger partial charge on any atom is 0.0521 e. The van der Waals surface area contributed by atoms with Gasteiger partial charge >= 0.3 is 0 Å². The zero-order valence-corrected chi connectivity index (χ0v) is 10.00. The van der Waals surface area contributed by atoms with E-state index in [9.17, 15) is 0 Å². The molecule has 86 valence electrons. The van der Waals surface area contributed by atoms with E-state index in [0.29, 0.717) is 0 Å². The van der Waals surface area contributed by atoms with Crippen molar-refractivity contribution < 1.29 is 0 Å². The van der Waals surface area contributed by atoms with E-state index >= 15 is 0 Å². The molecule has 1 heterocycles. The molecule has 0 saturated carbocycles. The molecular formula is C12H23N3. The molecule has 0 spiro atoms. The molecule has 0 aliphatic rings. The van der Waals surface area contributed by atoms with E-state index in [0.717, 1.165) is 19.6 Å². The lowest BCUT2D eigenvalue weighted by molar-refractivity contribution is 0.558. The van der Waals surface area contributed by atoms with Crippen LogP contribution in [-0.2, 0) is 13.1 Å². The monoisotopic (exact) mass is 209 g/mol. The molecule has 0 atom stereocenters. The fourth-order valence-electron chi connectivity index (χ4n) is 1.69. The summed E-state index contributed by atoms with van der Waals surface area (Å²) in [5, 5.41) is 7.70. The molecule has 0 bridgehead atoms. The van der Waals surface area contributed by atoms with E-state index in [-0.39, 0.29) is 0 Å². The molecule has 1 aromatic rings. The smallest absolute Gasteiger partial charge is 0.0521 e. The van der Waals surface area contributed by atoms with Gasteiger partial charge in [0.15, 0.2) is 0 Å². The Morgan fingerprint density at radius 3 is 2.87 bits per heavy atom. The van der Waals surface area contributed by atoms with Crippen LogP contribution < -0.4 is 5.32 Å². The molecule has 0 aliphatic heterocycles. The minimum atomic E-state index is 0.944. The van der Waals surface area contributed by atoms with Crippen LogP contribution in [0.25, 0.3) is 0 Å². The van der Waals surface area contributed by atoms with E-state index in [1.807, 2.05) is 10.9 Å². The van der Waals surface area contributed by atoms with Crippen LogP contribution in [0.4, 0.5) is 0 Å². The van der Waals surface area contributed by atoms with Crippen molar-refractivity contribution in [3.05, 3.63) is 18.0 Å². The average molecular weight is 209 g/mol. The van der Waals surface area contributed by atoms with Crippen LogP contribution in [0.3, 0.4) is 0 Å². The Hall–Kier alpha value is -0.830. The Morgan fingerprint density at radius 1 is 1.27 bits per heavy atom. The first-order chi connectivity index (χ1) is 7.38. The third-order valence-electron chi connectivity index (χ3n) is 2.62.